The Bertz CT molecular complexity index is 369. The minimum absolute atomic E-state index is 0.310. The molecule has 1 aliphatic rings. The van der Waals surface area contributed by atoms with E-state index in [0.717, 1.165) is 31.1 Å². The van der Waals surface area contributed by atoms with Gasteiger partial charge in [-0.1, -0.05) is 0 Å². The third-order valence-corrected chi connectivity index (χ3v) is 3.23. The maximum absolute atomic E-state index is 5.74. The first-order valence-corrected chi connectivity index (χ1v) is 6.82. The van der Waals surface area contributed by atoms with Crippen molar-refractivity contribution >= 4 is 0 Å². The lowest BCUT2D eigenvalue weighted by molar-refractivity contribution is -0.0699. The van der Waals surface area contributed by atoms with Crippen LogP contribution < -0.4 is 9.47 Å². The Morgan fingerprint density at radius 2 is 1.68 bits per heavy atom. The highest BCUT2D eigenvalue weighted by Gasteiger charge is 2.21. The second kappa shape index (κ2) is 6.78. The van der Waals surface area contributed by atoms with E-state index in [1.54, 1.807) is 7.11 Å². The Labute approximate surface area is 115 Å². The fourth-order valence-electron chi connectivity index (χ4n) is 2.43. The van der Waals surface area contributed by atoms with Gasteiger partial charge in [-0.15, -0.1) is 0 Å². The van der Waals surface area contributed by atoms with Crippen LogP contribution in [0, 0.1) is 0 Å². The summed E-state index contributed by atoms with van der Waals surface area (Å²) in [6, 6.07) is 7.69. The Balaban J connectivity index is 1.73. The van der Waals surface area contributed by atoms with Gasteiger partial charge in [0.15, 0.2) is 0 Å². The summed E-state index contributed by atoms with van der Waals surface area (Å²) in [5.74, 6) is 1.73. The number of ether oxygens (including phenoxy) is 3. The molecule has 0 spiro atoms. The lowest BCUT2D eigenvalue weighted by atomic mass is 10.2. The monoisotopic (exact) mass is 265 g/mol. The largest absolute Gasteiger partial charge is 0.497 e. The van der Waals surface area contributed by atoms with Gasteiger partial charge < -0.3 is 14.2 Å². The molecule has 1 aromatic rings. The number of hydrogen-bond acceptors (Lipinski definition) is 4. The SMILES string of the molecule is COc1ccc(OCCN2CC(C)OC(C)C2)cc1. The van der Waals surface area contributed by atoms with E-state index in [4.69, 9.17) is 14.2 Å². The van der Waals surface area contributed by atoms with E-state index in [1.807, 2.05) is 24.3 Å². The van der Waals surface area contributed by atoms with E-state index in [0.29, 0.717) is 18.8 Å². The summed E-state index contributed by atoms with van der Waals surface area (Å²) in [6.07, 6.45) is 0.620. The maximum atomic E-state index is 5.74. The molecule has 1 fully saturated rings. The van der Waals surface area contributed by atoms with E-state index in [1.165, 1.54) is 0 Å². The molecule has 0 saturated carbocycles. The lowest BCUT2D eigenvalue weighted by Crippen LogP contribution is -2.46. The highest BCUT2D eigenvalue weighted by molar-refractivity contribution is 5.31. The fraction of sp³-hybridized carbons (Fsp3) is 0.600. The van der Waals surface area contributed by atoms with Gasteiger partial charge in [0.1, 0.15) is 18.1 Å². The normalized spacial score (nSPS) is 24.2. The fourth-order valence-corrected chi connectivity index (χ4v) is 2.43. The highest BCUT2D eigenvalue weighted by atomic mass is 16.5. The summed E-state index contributed by atoms with van der Waals surface area (Å²) < 4.78 is 16.6. The molecule has 0 N–H and O–H groups in total. The van der Waals surface area contributed by atoms with Gasteiger partial charge in [0.2, 0.25) is 0 Å². The van der Waals surface area contributed by atoms with Crippen molar-refractivity contribution in [1.29, 1.82) is 0 Å². The standard InChI is InChI=1S/C15H23NO3/c1-12-10-16(11-13(2)19-12)8-9-18-15-6-4-14(17-3)5-7-15/h4-7,12-13H,8-11H2,1-3H3. The molecule has 0 radical (unpaired) electrons. The van der Waals surface area contributed by atoms with Gasteiger partial charge in [0, 0.05) is 19.6 Å². The molecule has 1 heterocycles. The Hall–Kier alpha value is -1.26. The number of benzene rings is 1. The first-order valence-electron chi connectivity index (χ1n) is 6.82. The molecule has 19 heavy (non-hydrogen) atoms. The molecule has 1 aromatic carbocycles. The second-order valence-corrected chi connectivity index (χ2v) is 5.04. The summed E-state index contributed by atoms with van der Waals surface area (Å²) in [5.41, 5.74) is 0. The molecule has 1 saturated heterocycles. The zero-order valence-electron chi connectivity index (χ0n) is 12.0. The van der Waals surface area contributed by atoms with Crippen LogP contribution in [0.3, 0.4) is 0 Å². The van der Waals surface area contributed by atoms with Crippen molar-refractivity contribution in [2.24, 2.45) is 0 Å². The van der Waals surface area contributed by atoms with Crippen LogP contribution >= 0.6 is 0 Å². The molecule has 2 atom stereocenters. The second-order valence-electron chi connectivity index (χ2n) is 5.04. The van der Waals surface area contributed by atoms with E-state index in [-0.39, 0.29) is 0 Å². The summed E-state index contributed by atoms with van der Waals surface area (Å²) in [6.45, 7) is 7.84. The zero-order valence-corrected chi connectivity index (χ0v) is 12.0. The predicted molar refractivity (Wildman–Crippen MR) is 74.9 cm³/mol. The molecule has 106 valence electrons. The van der Waals surface area contributed by atoms with Crippen LogP contribution in [0.15, 0.2) is 24.3 Å². The Morgan fingerprint density at radius 1 is 1.11 bits per heavy atom. The molecule has 0 aliphatic carbocycles. The van der Waals surface area contributed by atoms with Gasteiger partial charge in [-0.3, -0.25) is 4.90 Å². The molecule has 0 amide bonds. The molecule has 2 unspecified atom stereocenters. The summed E-state index contributed by atoms with van der Waals surface area (Å²) in [4.78, 5) is 2.39. The van der Waals surface area contributed by atoms with Crippen LogP contribution in [0.4, 0.5) is 0 Å². The van der Waals surface area contributed by atoms with E-state index in [2.05, 4.69) is 18.7 Å². The van der Waals surface area contributed by atoms with Crippen molar-refractivity contribution in [3.8, 4) is 11.5 Å². The lowest BCUT2D eigenvalue weighted by Gasteiger charge is -2.35. The number of rotatable bonds is 5. The van der Waals surface area contributed by atoms with E-state index >= 15 is 0 Å². The van der Waals surface area contributed by atoms with Gasteiger partial charge in [0.25, 0.3) is 0 Å². The number of morpholine rings is 1. The van der Waals surface area contributed by atoms with E-state index in [9.17, 15) is 0 Å². The van der Waals surface area contributed by atoms with Crippen molar-refractivity contribution in [1.82, 2.24) is 4.90 Å². The molecule has 2 rings (SSSR count). The van der Waals surface area contributed by atoms with Crippen LogP contribution in [0.1, 0.15) is 13.8 Å². The quantitative estimate of drug-likeness (QED) is 0.816. The molecule has 0 bridgehead atoms. The Kier molecular flexibility index (Phi) is 5.05. The van der Waals surface area contributed by atoms with E-state index < -0.39 is 0 Å². The molecular formula is C15H23NO3. The van der Waals surface area contributed by atoms with Gasteiger partial charge in [-0.2, -0.15) is 0 Å². The molecule has 1 aliphatic heterocycles. The first kappa shape index (κ1) is 14.2. The van der Waals surface area contributed by atoms with Crippen LogP contribution in [0.25, 0.3) is 0 Å². The molecular weight excluding hydrogens is 242 g/mol. The van der Waals surface area contributed by atoms with Crippen molar-refractivity contribution in [2.45, 2.75) is 26.1 Å². The van der Waals surface area contributed by atoms with Crippen LogP contribution in [-0.2, 0) is 4.74 Å². The average molecular weight is 265 g/mol. The third kappa shape index (κ3) is 4.40. The number of hydrogen-bond donors (Lipinski definition) is 0. The third-order valence-electron chi connectivity index (χ3n) is 3.23. The van der Waals surface area contributed by atoms with Gasteiger partial charge >= 0.3 is 0 Å². The van der Waals surface area contributed by atoms with Crippen molar-refractivity contribution in [2.75, 3.05) is 33.4 Å². The number of nitrogens with zero attached hydrogens (tertiary/aromatic N) is 1. The summed E-state index contributed by atoms with van der Waals surface area (Å²) in [5, 5.41) is 0. The molecule has 4 nitrogen and oxygen atoms in total. The molecule has 0 aromatic heterocycles. The molecule has 4 heteroatoms. The van der Waals surface area contributed by atoms with Crippen molar-refractivity contribution in [3.05, 3.63) is 24.3 Å². The van der Waals surface area contributed by atoms with Gasteiger partial charge in [-0.05, 0) is 38.1 Å². The van der Waals surface area contributed by atoms with Gasteiger partial charge in [0.05, 0.1) is 19.3 Å². The van der Waals surface area contributed by atoms with Crippen molar-refractivity contribution < 1.29 is 14.2 Å². The maximum Gasteiger partial charge on any atom is 0.119 e. The minimum atomic E-state index is 0.310. The predicted octanol–water partition coefficient (Wildman–Crippen LogP) is 2.18. The topological polar surface area (TPSA) is 30.9 Å². The Morgan fingerprint density at radius 3 is 2.26 bits per heavy atom. The van der Waals surface area contributed by atoms with Crippen LogP contribution in [-0.4, -0.2) is 50.5 Å². The zero-order chi connectivity index (χ0) is 13.7. The average Bonchev–Trinajstić information content (AvgIpc) is 2.38. The highest BCUT2D eigenvalue weighted by Crippen LogP contribution is 2.17. The van der Waals surface area contributed by atoms with Crippen LogP contribution in [0.5, 0.6) is 11.5 Å². The minimum Gasteiger partial charge on any atom is -0.497 e. The first-order chi connectivity index (χ1) is 9.17. The summed E-state index contributed by atoms with van der Waals surface area (Å²) >= 11 is 0. The van der Waals surface area contributed by atoms with Crippen molar-refractivity contribution in [3.63, 3.8) is 0 Å². The van der Waals surface area contributed by atoms with Crippen LogP contribution in [0.2, 0.25) is 0 Å². The summed E-state index contributed by atoms with van der Waals surface area (Å²) in [7, 11) is 1.66. The van der Waals surface area contributed by atoms with Gasteiger partial charge in [-0.25, -0.2) is 0 Å². The number of methoxy groups -OCH3 is 1. The smallest absolute Gasteiger partial charge is 0.119 e.